The summed E-state index contributed by atoms with van der Waals surface area (Å²) in [7, 11) is -3.80. The summed E-state index contributed by atoms with van der Waals surface area (Å²) in [6.07, 6.45) is 1.47. The SMILES string of the molecule is Cc1cc(/N=N/c2ccc(S(=O)(=O)Nc3ccccn3)cc2)cc(C(=O)O)c1O. The summed E-state index contributed by atoms with van der Waals surface area (Å²) in [5.41, 5.74) is 0.678. The second kappa shape index (κ2) is 8.07. The molecule has 3 N–H and O–H groups in total. The van der Waals surface area contributed by atoms with Crippen LogP contribution in [0.2, 0.25) is 0 Å². The van der Waals surface area contributed by atoms with Gasteiger partial charge in [-0.15, -0.1) is 0 Å². The fourth-order valence-electron chi connectivity index (χ4n) is 2.41. The Morgan fingerprint density at radius 1 is 1.03 bits per heavy atom. The average Bonchev–Trinajstić information content (AvgIpc) is 2.69. The number of carboxylic acid groups (broad SMARTS) is 1. The molecule has 0 saturated carbocycles. The summed E-state index contributed by atoms with van der Waals surface area (Å²) in [5, 5.41) is 26.8. The minimum Gasteiger partial charge on any atom is -0.507 e. The Bertz CT molecular complexity index is 1180. The molecule has 3 rings (SSSR count). The van der Waals surface area contributed by atoms with Gasteiger partial charge in [0.25, 0.3) is 10.0 Å². The number of aromatic nitrogens is 1. The molecule has 0 aliphatic carbocycles. The minimum absolute atomic E-state index is 0.0238. The topological polar surface area (TPSA) is 141 Å². The number of nitrogens with one attached hydrogen (secondary N) is 1. The number of benzene rings is 2. The van der Waals surface area contributed by atoms with E-state index in [1.54, 1.807) is 19.1 Å². The zero-order valence-electron chi connectivity index (χ0n) is 15.1. The Kier molecular flexibility index (Phi) is 5.55. The van der Waals surface area contributed by atoms with E-state index in [4.69, 9.17) is 5.11 Å². The maximum absolute atomic E-state index is 12.4. The van der Waals surface area contributed by atoms with Crippen molar-refractivity contribution in [2.75, 3.05) is 4.72 Å². The summed E-state index contributed by atoms with van der Waals surface area (Å²) in [5.74, 6) is -1.41. The molecule has 148 valence electrons. The van der Waals surface area contributed by atoms with E-state index in [1.165, 1.54) is 48.7 Å². The van der Waals surface area contributed by atoms with E-state index in [-0.39, 0.29) is 27.7 Å². The number of aromatic hydroxyl groups is 1. The van der Waals surface area contributed by atoms with E-state index in [9.17, 15) is 18.3 Å². The van der Waals surface area contributed by atoms with Crippen molar-refractivity contribution in [3.8, 4) is 5.75 Å². The molecule has 1 aromatic heterocycles. The van der Waals surface area contributed by atoms with Gasteiger partial charge < -0.3 is 10.2 Å². The zero-order chi connectivity index (χ0) is 21.0. The van der Waals surface area contributed by atoms with Crippen LogP contribution in [-0.2, 0) is 10.0 Å². The van der Waals surface area contributed by atoms with Crippen LogP contribution in [0, 0.1) is 6.92 Å². The predicted molar refractivity (Wildman–Crippen MR) is 105 cm³/mol. The maximum atomic E-state index is 12.4. The first-order valence-corrected chi connectivity index (χ1v) is 9.77. The molecule has 2 aromatic carbocycles. The third-order valence-electron chi connectivity index (χ3n) is 3.85. The van der Waals surface area contributed by atoms with Crippen molar-refractivity contribution < 1.29 is 23.4 Å². The molecule has 0 amide bonds. The summed E-state index contributed by atoms with van der Waals surface area (Å²) in [4.78, 5) is 15.1. The summed E-state index contributed by atoms with van der Waals surface area (Å²) < 4.78 is 27.1. The molecule has 0 radical (unpaired) electrons. The fourth-order valence-corrected chi connectivity index (χ4v) is 3.42. The third-order valence-corrected chi connectivity index (χ3v) is 5.22. The lowest BCUT2D eigenvalue weighted by molar-refractivity contribution is 0.0693. The number of nitrogens with zero attached hydrogens (tertiary/aromatic N) is 3. The van der Waals surface area contributed by atoms with Crippen LogP contribution >= 0.6 is 0 Å². The molecule has 3 aromatic rings. The number of anilines is 1. The Labute approximate surface area is 166 Å². The smallest absolute Gasteiger partial charge is 0.339 e. The van der Waals surface area contributed by atoms with Crippen LogP contribution in [0.4, 0.5) is 17.2 Å². The van der Waals surface area contributed by atoms with Gasteiger partial charge in [-0.1, -0.05) is 6.07 Å². The number of phenols is 1. The van der Waals surface area contributed by atoms with Crippen molar-refractivity contribution in [2.45, 2.75) is 11.8 Å². The number of hydrogen-bond acceptors (Lipinski definition) is 7. The van der Waals surface area contributed by atoms with E-state index < -0.39 is 16.0 Å². The van der Waals surface area contributed by atoms with Crippen molar-refractivity contribution in [2.24, 2.45) is 10.2 Å². The normalized spacial score (nSPS) is 11.5. The molecule has 0 saturated heterocycles. The van der Waals surface area contributed by atoms with E-state index in [1.807, 2.05) is 0 Å². The van der Waals surface area contributed by atoms with Crippen LogP contribution in [0.3, 0.4) is 0 Å². The Balaban J connectivity index is 1.80. The van der Waals surface area contributed by atoms with Gasteiger partial charge in [0.15, 0.2) is 0 Å². The molecule has 29 heavy (non-hydrogen) atoms. The van der Waals surface area contributed by atoms with Gasteiger partial charge in [-0.3, -0.25) is 4.72 Å². The van der Waals surface area contributed by atoms with E-state index in [0.29, 0.717) is 11.3 Å². The van der Waals surface area contributed by atoms with Gasteiger partial charge in [0, 0.05) is 6.20 Å². The van der Waals surface area contributed by atoms with Crippen LogP contribution in [-0.4, -0.2) is 29.6 Å². The van der Waals surface area contributed by atoms with Gasteiger partial charge in [-0.05, 0) is 61.0 Å². The van der Waals surface area contributed by atoms with Crippen LogP contribution in [0.1, 0.15) is 15.9 Å². The monoisotopic (exact) mass is 412 g/mol. The quantitative estimate of drug-likeness (QED) is 0.522. The largest absolute Gasteiger partial charge is 0.507 e. The molecule has 0 aliphatic heterocycles. The van der Waals surface area contributed by atoms with Crippen molar-refractivity contribution in [1.82, 2.24) is 4.98 Å². The van der Waals surface area contributed by atoms with Crippen LogP contribution in [0.15, 0.2) is 75.9 Å². The first-order valence-electron chi connectivity index (χ1n) is 8.29. The Morgan fingerprint density at radius 3 is 2.34 bits per heavy atom. The van der Waals surface area contributed by atoms with Crippen molar-refractivity contribution >= 4 is 33.2 Å². The number of carbonyl (C=O) groups is 1. The first-order chi connectivity index (χ1) is 13.8. The molecule has 1 heterocycles. The standard InChI is InChI=1S/C19H16N4O5S/c1-12-10-14(11-16(18(12)24)19(25)26)22-21-13-5-7-15(8-6-13)29(27,28)23-17-4-2-3-9-20-17/h2-11,24H,1H3,(H,20,23)(H,25,26)/b22-21+. The molecule has 0 aliphatic rings. The molecule has 0 atom stereocenters. The summed E-state index contributed by atoms with van der Waals surface area (Å²) in [6, 6.07) is 13.2. The van der Waals surface area contributed by atoms with Crippen molar-refractivity contribution in [1.29, 1.82) is 0 Å². The lowest BCUT2D eigenvalue weighted by atomic mass is 10.1. The molecule has 0 bridgehead atoms. The zero-order valence-corrected chi connectivity index (χ0v) is 16.0. The number of rotatable bonds is 6. The number of carboxylic acids is 1. The lowest BCUT2D eigenvalue weighted by Crippen LogP contribution is -2.13. The number of azo groups is 1. The summed E-state index contributed by atoms with van der Waals surface area (Å²) >= 11 is 0. The number of aromatic carboxylic acids is 1. The highest BCUT2D eigenvalue weighted by Gasteiger charge is 2.15. The molecule has 9 nitrogen and oxygen atoms in total. The van der Waals surface area contributed by atoms with Gasteiger partial charge in [0.05, 0.1) is 16.3 Å². The average molecular weight is 412 g/mol. The van der Waals surface area contributed by atoms with Gasteiger partial charge in [-0.2, -0.15) is 10.2 Å². The number of hydrogen-bond donors (Lipinski definition) is 3. The van der Waals surface area contributed by atoms with Gasteiger partial charge in [0.2, 0.25) is 0 Å². The number of aryl methyl sites for hydroxylation is 1. The second-order valence-electron chi connectivity index (χ2n) is 5.98. The molecule has 0 unspecified atom stereocenters. The maximum Gasteiger partial charge on any atom is 0.339 e. The minimum atomic E-state index is -3.80. The van der Waals surface area contributed by atoms with E-state index in [0.717, 1.165) is 0 Å². The highest BCUT2D eigenvalue weighted by atomic mass is 32.2. The van der Waals surface area contributed by atoms with Crippen LogP contribution in [0.5, 0.6) is 5.75 Å². The highest BCUT2D eigenvalue weighted by molar-refractivity contribution is 7.92. The Hall–Kier alpha value is -3.79. The van der Waals surface area contributed by atoms with E-state index >= 15 is 0 Å². The first kappa shape index (κ1) is 20.0. The molecule has 0 fully saturated rings. The predicted octanol–water partition coefficient (Wildman–Crippen LogP) is 4.01. The van der Waals surface area contributed by atoms with Crippen molar-refractivity contribution in [3.63, 3.8) is 0 Å². The number of pyridine rings is 1. The van der Waals surface area contributed by atoms with E-state index in [2.05, 4.69) is 19.9 Å². The van der Waals surface area contributed by atoms with Crippen molar-refractivity contribution in [3.05, 3.63) is 71.9 Å². The third kappa shape index (κ3) is 4.74. The fraction of sp³-hybridized carbons (Fsp3) is 0.0526. The molecule has 0 spiro atoms. The van der Waals surface area contributed by atoms with Crippen LogP contribution < -0.4 is 4.72 Å². The highest BCUT2D eigenvalue weighted by Crippen LogP contribution is 2.29. The molecular formula is C19H16N4O5S. The van der Waals surface area contributed by atoms with Crippen LogP contribution in [0.25, 0.3) is 0 Å². The summed E-state index contributed by atoms with van der Waals surface area (Å²) in [6.45, 7) is 1.55. The van der Waals surface area contributed by atoms with Gasteiger partial charge in [0.1, 0.15) is 17.1 Å². The van der Waals surface area contributed by atoms with Gasteiger partial charge in [-0.25, -0.2) is 18.2 Å². The lowest BCUT2D eigenvalue weighted by Gasteiger charge is -2.07. The molecule has 10 heteroatoms. The number of sulfonamides is 1. The molecular weight excluding hydrogens is 396 g/mol. The Morgan fingerprint density at radius 2 is 1.72 bits per heavy atom. The second-order valence-corrected chi connectivity index (χ2v) is 7.66. The van der Waals surface area contributed by atoms with Gasteiger partial charge >= 0.3 is 5.97 Å².